The Bertz CT molecular complexity index is 379. The van der Waals surface area contributed by atoms with Crippen LogP contribution in [-0.4, -0.2) is 22.4 Å². The number of carbonyl (C=O) groups excluding carboxylic acids is 1. The van der Waals surface area contributed by atoms with Crippen LogP contribution in [0.2, 0.25) is 0 Å². The quantitative estimate of drug-likeness (QED) is 0.836. The number of halogens is 1. The first-order valence-corrected chi connectivity index (χ1v) is 6.18. The normalized spacial score (nSPS) is 12.2. The van der Waals surface area contributed by atoms with Crippen LogP contribution in [0.25, 0.3) is 0 Å². The predicted molar refractivity (Wildman–Crippen MR) is 68.2 cm³/mol. The van der Waals surface area contributed by atoms with Gasteiger partial charge >= 0.3 is 0 Å². The molecule has 0 aliphatic carbocycles. The van der Waals surface area contributed by atoms with E-state index in [1.807, 2.05) is 6.92 Å². The largest absolute Gasteiger partial charge is 0.508 e. The molecule has 16 heavy (non-hydrogen) atoms. The standard InChI is InChI=1S/C12H16BrNO2/c1-3-10(13)7-14-12(16)9-5-4-8(2)11(15)6-9/h4-6,10,15H,3,7H2,1-2H3,(H,14,16). The Hall–Kier alpha value is -1.03. The molecule has 0 aliphatic rings. The molecule has 0 radical (unpaired) electrons. The highest BCUT2D eigenvalue weighted by atomic mass is 79.9. The lowest BCUT2D eigenvalue weighted by atomic mass is 10.1. The zero-order valence-electron chi connectivity index (χ0n) is 9.46. The number of carbonyl (C=O) groups is 1. The van der Waals surface area contributed by atoms with Crippen LogP contribution < -0.4 is 5.32 Å². The van der Waals surface area contributed by atoms with Gasteiger partial charge in [0, 0.05) is 16.9 Å². The number of alkyl halides is 1. The summed E-state index contributed by atoms with van der Waals surface area (Å²) in [6.45, 7) is 4.43. The second-order valence-electron chi connectivity index (χ2n) is 3.72. The number of phenolic OH excluding ortho intramolecular Hbond substituents is 1. The zero-order valence-corrected chi connectivity index (χ0v) is 11.0. The van der Waals surface area contributed by atoms with E-state index >= 15 is 0 Å². The van der Waals surface area contributed by atoms with Gasteiger partial charge in [-0.05, 0) is 31.0 Å². The molecule has 1 rings (SSSR count). The highest BCUT2D eigenvalue weighted by Gasteiger charge is 2.08. The smallest absolute Gasteiger partial charge is 0.251 e. The highest BCUT2D eigenvalue weighted by Crippen LogP contribution is 2.17. The third-order valence-electron chi connectivity index (χ3n) is 2.40. The molecule has 2 N–H and O–H groups in total. The van der Waals surface area contributed by atoms with Crippen LogP contribution in [0.15, 0.2) is 18.2 Å². The fourth-order valence-corrected chi connectivity index (χ4v) is 1.36. The molecule has 1 amide bonds. The van der Waals surface area contributed by atoms with Crippen molar-refractivity contribution >= 4 is 21.8 Å². The Morgan fingerprint density at radius 2 is 2.25 bits per heavy atom. The topological polar surface area (TPSA) is 49.3 Å². The third kappa shape index (κ3) is 3.52. The number of benzene rings is 1. The van der Waals surface area contributed by atoms with Gasteiger partial charge in [0.25, 0.3) is 5.91 Å². The fraction of sp³-hybridized carbons (Fsp3) is 0.417. The van der Waals surface area contributed by atoms with Crippen molar-refractivity contribution in [3.05, 3.63) is 29.3 Å². The zero-order chi connectivity index (χ0) is 12.1. The first kappa shape index (κ1) is 13.0. The molecule has 0 saturated heterocycles. The SMILES string of the molecule is CCC(Br)CNC(=O)c1ccc(C)c(O)c1. The van der Waals surface area contributed by atoms with Crippen molar-refractivity contribution in [2.75, 3.05) is 6.54 Å². The lowest BCUT2D eigenvalue weighted by molar-refractivity contribution is 0.0953. The molecule has 1 aromatic rings. The summed E-state index contributed by atoms with van der Waals surface area (Å²) in [7, 11) is 0. The van der Waals surface area contributed by atoms with Crippen molar-refractivity contribution in [1.29, 1.82) is 0 Å². The molecule has 1 atom stereocenters. The average molecular weight is 286 g/mol. The van der Waals surface area contributed by atoms with Gasteiger partial charge in [-0.15, -0.1) is 0 Å². The molecule has 4 heteroatoms. The van der Waals surface area contributed by atoms with Gasteiger partial charge in [-0.2, -0.15) is 0 Å². The minimum absolute atomic E-state index is 0.151. The third-order valence-corrected chi connectivity index (χ3v) is 3.37. The first-order valence-electron chi connectivity index (χ1n) is 5.26. The number of hydrogen-bond donors (Lipinski definition) is 2. The summed E-state index contributed by atoms with van der Waals surface area (Å²) in [5, 5.41) is 12.3. The number of rotatable bonds is 4. The van der Waals surface area contributed by atoms with Crippen molar-refractivity contribution in [2.24, 2.45) is 0 Å². The Balaban J connectivity index is 2.63. The van der Waals surface area contributed by atoms with E-state index in [4.69, 9.17) is 0 Å². The Morgan fingerprint density at radius 3 is 2.81 bits per heavy atom. The monoisotopic (exact) mass is 285 g/mol. The maximum atomic E-state index is 11.7. The Morgan fingerprint density at radius 1 is 1.56 bits per heavy atom. The molecule has 88 valence electrons. The van der Waals surface area contributed by atoms with E-state index in [9.17, 15) is 9.90 Å². The molecule has 0 heterocycles. The van der Waals surface area contributed by atoms with Crippen LogP contribution >= 0.6 is 15.9 Å². The Labute approximate surface area is 104 Å². The van der Waals surface area contributed by atoms with Gasteiger partial charge < -0.3 is 10.4 Å². The van der Waals surface area contributed by atoms with Gasteiger partial charge in [0.05, 0.1) is 0 Å². The van der Waals surface area contributed by atoms with Crippen molar-refractivity contribution < 1.29 is 9.90 Å². The summed E-state index contributed by atoms with van der Waals surface area (Å²) < 4.78 is 0. The molecule has 0 aliphatic heterocycles. The summed E-state index contributed by atoms with van der Waals surface area (Å²) in [6.07, 6.45) is 0.958. The van der Waals surface area contributed by atoms with Crippen LogP contribution in [0.1, 0.15) is 29.3 Å². The summed E-state index contributed by atoms with van der Waals surface area (Å²) in [4.78, 5) is 12.0. The van der Waals surface area contributed by atoms with Crippen LogP contribution in [0.5, 0.6) is 5.75 Å². The molecular formula is C12H16BrNO2. The van der Waals surface area contributed by atoms with E-state index in [-0.39, 0.29) is 16.5 Å². The molecule has 0 spiro atoms. The summed E-state index contributed by atoms with van der Waals surface area (Å²) >= 11 is 3.44. The van der Waals surface area contributed by atoms with Crippen LogP contribution in [0, 0.1) is 6.92 Å². The van der Waals surface area contributed by atoms with E-state index < -0.39 is 0 Å². The predicted octanol–water partition coefficient (Wildman–Crippen LogP) is 2.60. The number of nitrogens with one attached hydrogen (secondary N) is 1. The minimum atomic E-state index is -0.159. The number of hydrogen-bond acceptors (Lipinski definition) is 2. The number of aromatic hydroxyl groups is 1. The van der Waals surface area contributed by atoms with Crippen molar-refractivity contribution in [3.8, 4) is 5.75 Å². The molecule has 3 nitrogen and oxygen atoms in total. The van der Waals surface area contributed by atoms with Gasteiger partial charge in [-0.3, -0.25) is 4.79 Å². The maximum Gasteiger partial charge on any atom is 0.251 e. The average Bonchev–Trinajstić information content (AvgIpc) is 2.29. The minimum Gasteiger partial charge on any atom is -0.508 e. The highest BCUT2D eigenvalue weighted by molar-refractivity contribution is 9.09. The van der Waals surface area contributed by atoms with E-state index in [1.54, 1.807) is 19.1 Å². The number of amides is 1. The summed E-state index contributed by atoms with van der Waals surface area (Å²) in [5.74, 6) is -0.00765. The van der Waals surface area contributed by atoms with Crippen molar-refractivity contribution in [3.63, 3.8) is 0 Å². The van der Waals surface area contributed by atoms with Gasteiger partial charge in [0.15, 0.2) is 0 Å². The van der Waals surface area contributed by atoms with E-state index in [0.717, 1.165) is 12.0 Å². The van der Waals surface area contributed by atoms with Gasteiger partial charge in [0.2, 0.25) is 0 Å². The maximum absolute atomic E-state index is 11.7. The molecule has 1 unspecified atom stereocenters. The van der Waals surface area contributed by atoms with E-state index in [1.165, 1.54) is 6.07 Å². The van der Waals surface area contributed by atoms with Crippen LogP contribution in [0.3, 0.4) is 0 Å². The molecule has 0 bridgehead atoms. The lowest BCUT2D eigenvalue weighted by Gasteiger charge is -2.09. The fourth-order valence-electron chi connectivity index (χ4n) is 1.20. The molecule has 0 fully saturated rings. The summed E-state index contributed by atoms with van der Waals surface area (Å²) in [5.41, 5.74) is 1.25. The van der Waals surface area contributed by atoms with Gasteiger partial charge in [0.1, 0.15) is 5.75 Å². The lowest BCUT2D eigenvalue weighted by Crippen LogP contribution is -2.29. The van der Waals surface area contributed by atoms with Crippen molar-refractivity contribution in [2.45, 2.75) is 25.1 Å². The molecule has 0 aromatic heterocycles. The number of phenols is 1. The van der Waals surface area contributed by atoms with Crippen LogP contribution in [0.4, 0.5) is 0 Å². The second kappa shape index (κ2) is 5.89. The molecule has 1 aromatic carbocycles. The summed E-state index contributed by atoms with van der Waals surface area (Å²) in [6, 6.07) is 4.93. The number of aryl methyl sites for hydroxylation is 1. The Kier molecular flexibility index (Phi) is 4.80. The van der Waals surface area contributed by atoms with E-state index in [2.05, 4.69) is 21.2 Å². The van der Waals surface area contributed by atoms with Crippen molar-refractivity contribution in [1.82, 2.24) is 5.32 Å². The van der Waals surface area contributed by atoms with E-state index in [0.29, 0.717) is 12.1 Å². The second-order valence-corrected chi connectivity index (χ2v) is 5.01. The van der Waals surface area contributed by atoms with Gasteiger partial charge in [-0.25, -0.2) is 0 Å². The first-order chi connectivity index (χ1) is 7.54. The molecule has 0 saturated carbocycles. The molecular weight excluding hydrogens is 270 g/mol. The van der Waals surface area contributed by atoms with Gasteiger partial charge in [-0.1, -0.05) is 28.9 Å². The van der Waals surface area contributed by atoms with Crippen LogP contribution in [-0.2, 0) is 0 Å².